The van der Waals surface area contributed by atoms with Crippen LogP contribution in [0.2, 0.25) is 0 Å². The average molecular weight is 330 g/mol. The van der Waals surface area contributed by atoms with Crippen molar-refractivity contribution in [1.29, 1.82) is 0 Å². The number of aliphatic hydroxyl groups excluding tert-OH is 1. The first-order valence-electron chi connectivity index (χ1n) is 7.76. The van der Waals surface area contributed by atoms with E-state index < -0.39 is 0 Å². The Balaban J connectivity index is 0.00000211. The second-order valence-electron chi connectivity index (χ2n) is 4.26. The third kappa shape index (κ3) is 9.43. The maximum absolute atomic E-state index is 9.22. The van der Waals surface area contributed by atoms with Crippen LogP contribution in [0.25, 0.3) is 0 Å². The first kappa shape index (κ1) is 21.4. The molecule has 1 N–H and O–H groups in total. The SMILES string of the molecule is CC.COCCOCCOCCSc1cccc(CO)c1C. The molecule has 0 fully saturated rings. The van der Waals surface area contributed by atoms with Crippen molar-refractivity contribution in [3.63, 3.8) is 0 Å². The summed E-state index contributed by atoms with van der Waals surface area (Å²) in [6.45, 7) is 9.28. The molecule has 0 unspecified atom stereocenters. The van der Waals surface area contributed by atoms with Crippen LogP contribution in [0, 0.1) is 6.92 Å². The van der Waals surface area contributed by atoms with Gasteiger partial charge in [0.05, 0.1) is 39.6 Å². The Labute approximate surface area is 139 Å². The molecule has 0 aromatic heterocycles. The molecule has 0 aliphatic rings. The lowest BCUT2D eigenvalue weighted by Crippen LogP contribution is -2.09. The lowest BCUT2D eigenvalue weighted by molar-refractivity contribution is 0.0286. The summed E-state index contributed by atoms with van der Waals surface area (Å²) in [7, 11) is 1.66. The third-order valence-electron chi connectivity index (χ3n) is 2.86. The Hall–Kier alpha value is -0.590. The first-order chi connectivity index (χ1) is 10.8. The van der Waals surface area contributed by atoms with Crippen molar-refractivity contribution in [2.24, 2.45) is 0 Å². The molecular formula is C17H30O4S. The zero-order chi connectivity index (χ0) is 16.6. The van der Waals surface area contributed by atoms with E-state index in [0.29, 0.717) is 33.0 Å². The molecule has 0 atom stereocenters. The van der Waals surface area contributed by atoms with E-state index in [0.717, 1.165) is 16.9 Å². The number of ether oxygens (including phenoxy) is 3. The number of hydrogen-bond donors (Lipinski definition) is 1. The second kappa shape index (κ2) is 15.3. The molecule has 0 amide bonds. The molecule has 1 aromatic carbocycles. The molecule has 1 aromatic rings. The second-order valence-corrected chi connectivity index (χ2v) is 5.40. The fourth-order valence-corrected chi connectivity index (χ4v) is 2.61. The van der Waals surface area contributed by atoms with E-state index in [1.165, 1.54) is 4.90 Å². The Morgan fingerprint density at radius 2 is 1.64 bits per heavy atom. The van der Waals surface area contributed by atoms with Crippen molar-refractivity contribution >= 4 is 11.8 Å². The van der Waals surface area contributed by atoms with E-state index in [2.05, 4.69) is 6.07 Å². The van der Waals surface area contributed by atoms with E-state index in [9.17, 15) is 5.11 Å². The number of hydrogen-bond acceptors (Lipinski definition) is 5. The van der Waals surface area contributed by atoms with Crippen LogP contribution >= 0.6 is 11.8 Å². The molecule has 0 radical (unpaired) electrons. The van der Waals surface area contributed by atoms with Gasteiger partial charge in [0, 0.05) is 17.8 Å². The summed E-state index contributed by atoms with van der Waals surface area (Å²) >= 11 is 1.75. The fraction of sp³-hybridized carbons (Fsp3) is 0.647. The Morgan fingerprint density at radius 1 is 1.00 bits per heavy atom. The monoisotopic (exact) mass is 330 g/mol. The largest absolute Gasteiger partial charge is 0.392 e. The van der Waals surface area contributed by atoms with Gasteiger partial charge < -0.3 is 19.3 Å². The molecule has 1 rings (SSSR count). The third-order valence-corrected chi connectivity index (χ3v) is 3.98. The minimum atomic E-state index is 0.0928. The summed E-state index contributed by atoms with van der Waals surface area (Å²) in [5, 5.41) is 9.22. The molecule has 0 heterocycles. The van der Waals surface area contributed by atoms with Gasteiger partial charge in [-0.2, -0.15) is 0 Å². The van der Waals surface area contributed by atoms with Gasteiger partial charge in [-0.05, 0) is 24.1 Å². The van der Waals surface area contributed by atoms with Crippen molar-refractivity contribution < 1.29 is 19.3 Å². The molecule has 4 nitrogen and oxygen atoms in total. The molecule has 0 saturated carbocycles. The van der Waals surface area contributed by atoms with Crippen LogP contribution in [-0.4, -0.2) is 51.0 Å². The highest BCUT2D eigenvalue weighted by molar-refractivity contribution is 7.99. The molecule has 0 saturated heterocycles. The lowest BCUT2D eigenvalue weighted by atomic mass is 10.1. The zero-order valence-electron chi connectivity index (χ0n) is 14.3. The smallest absolute Gasteiger partial charge is 0.0701 e. The van der Waals surface area contributed by atoms with Crippen LogP contribution in [0.4, 0.5) is 0 Å². The van der Waals surface area contributed by atoms with Crippen LogP contribution in [-0.2, 0) is 20.8 Å². The van der Waals surface area contributed by atoms with Gasteiger partial charge >= 0.3 is 0 Å². The van der Waals surface area contributed by atoms with Gasteiger partial charge in [0.15, 0.2) is 0 Å². The van der Waals surface area contributed by atoms with Crippen molar-refractivity contribution in [3.05, 3.63) is 29.3 Å². The molecule has 0 bridgehead atoms. The van der Waals surface area contributed by atoms with Gasteiger partial charge in [-0.25, -0.2) is 0 Å². The average Bonchev–Trinajstić information content (AvgIpc) is 2.56. The summed E-state index contributed by atoms with van der Waals surface area (Å²) in [6.07, 6.45) is 0. The van der Waals surface area contributed by atoms with E-state index >= 15 is 0 Å². The van der Waals surface area contributed by atoms with Crippen molar-refractivity contribution in [2.75, 3.05) is 45.9 Å². The summed E-state index contributed by atoms with van der Waals surface area (Å²) in [5.41, 5.74) is 2.14. The summed E-state index contributed by atoms with van der Waals surface area (Å²) in [5.74, 6) is 0.897. The standard InChI is InChI=1S/C15H24O4S.C2H6/c1-13-14(12-16)4-3-5-15(13)20-11-10-19-9-8-18-7-6-17-2;1-2/h3-5,16H,6-12H2,1-2H3;1-2H3. The number of aliphatic hydroxyl groups is 1. The molecule has 22 heavy (non-hydrogen) atoms. The predicted molar refractivity (Wildman–Crippen MR) is 92.7 cm³/mol. The van der Waals surface area contributed by atoms with Gasteiger partial charge in [0.2, 0.25) is 0 Å². The molecule has 128 valence electrons. The number of methoxy groups -OCH3 is 1. The van der Waals surface area contributed by atoms with Gasteiger partial charge in [-0.3, -0.25) is 0 Å². The summed E-state index contributed by atoms with van der Waals surface area (Å²) in [6, 6.07) is 6.01. The lowest BCUT2D eigenvalue weighted by Gasteiger charge is -2.09. The van der Waals surface area contributed by atoms with Crippen LogP contribution in [0.15, 0.2) is 23.1 Å². The van der Waals surface area contributed by atoms with Crippen molar-refractivity contribution in [2.45, 2.75) is 32.3 Å². The Bertz CT molecular complexity index is 372. The van der Waals surface area contributed by atoms with Gasteiger partial charge in [0.25, 0.3) is 0 Å². The van der Waals surface area contributed by atoms with Gasteiger partial charge in [-0.15, -0.1) is 11.8 Å². The van der Waals surface area contributed by atoms with E-state index in [4.69, 9.17) is 14.2 Å². The topological polar surface area (TPSA) is 47.9 Å². The van der Waals surface area contributed by atoms with E-state index in [1.54, 1.807) is 18.9 Å². The van der Waals surface area contributed by atoms with Gasteiger partial charge in [-0.1, -0.05) is 26.0 Å². The zero-order valence-corrected chi connectivity index (χ0v) is 15.1. The minimum Gasteiger partial charge on any atom is -0.392 e. The fourth-order valence-electron chi connectivity index (χ4n) is 1.66. The van der Waals surface area contributed by atoms with E-state index in [1.807, 2.05) is 32.9 Å². The molecule has 0 aliphatic carbocycles. The maximum atomic E-state index is 9.22. The van der Waals surface area contributed by atoms with Crippen LogP contribution in [0.5, 0.6) is 0 Å². The molecular weight excluding hydrogens is 300 g/mol. The highest BCUT2D eigenvalue weighted by Crippen LogP contribution is 2.24. The van der Waals surface area contributed by atoms with Crippen molar-refractivity contribution in [1.82, 2.24) is 0 Å². The van der Waals surface area contributed by atoms with Crippen LogP contribution in [0.3, 0.4) is 0 Å². The minimum absolute atomic E-state index is 0.0928. The normalized spacial score (nSPS) is 10.2. The molecule has 0 spiro atoms. The van der Waals surface area contributed by atoms with Crippen LogP contribution < -0.4 is 0 Å². The van der Waals surface area contributed by atoms with Crippen LogP contribution in [0.1, 0.15) is 25.0 Å². The number of rotatable bonds is 11. The van der Waals surface area contributed by atoms with E-state index in [-0.39, 0.29) is 6.61 Å². The van der Waals surface area contributed by atoms with Gasteiger partial charge in [0.1, 0.15) is 0 Å². The highest BCUT2D eigenvalue weighted by atomic mass is 32.2. The Morgan fingerprint density at radius 3 is 2.27 bits per heavy atom. The van der Waals surface area contributed by atoms with Crippen molar-refractivity contribution in [3.8, 4) is 0 Å². The molecule has 5 heteroatoms. The Kier molecular flexibility index (Phi) is 14.9. The summed E-state index contributed by atoms with van der Waals surface area (Å²) in [4.78, 5) is 1.21. The molecule has 0 aliphatic heterocycles. The summed E-state index contributed by atoms with van der Waals surface area (Å²) < 4.78 is 15.7. The maximum Gasteiger partial charge on any atom is 0.0701 e. The highest BCUT2D eigenvalue weighted by Gasteiger charge is 2.03. The first-order valence-corrected chi connectivity index (χ1v) is 8.74. The number of thioether (sulfide) groups is 1. The predicted octanol–water partition coefficient (Wildman–Crippen LogP) is 3.29. The quantitative estimate of drug-likeness (QED) is 0.498. The number of benzene rings is 1.